The fraction of sp³-hybridized carbons (Fsp3) is 0.533. The van der Waals surface area contributed by atoms with Gasteiger partial charge in [0.05, 0.1) is 29.4 Å². The Morgan fingerprint density at radius 2 is 2.05 bits per heavy atom. The first kappa shape index (κ1) is 17.1. The molecule has 5 nitrogen and oxygen atoms in total. The van der Waals surface area contributed by atoms with Gasteiger partial charge < -0.3 is 11.1 Å². The maximum atomic E-state index is 12.0. The zero-order valence-electron chi connectivity index (χ0n) is 13.0. The zero-order chi connectivity index (χ0) is 15.9. The normalized spacial score (nSPS) is 11.1. The van der Waals surface area contributed by atoms with Crippen LogP contribution in [0.5, 0.6) is 0 Å². The summed E-state index contributed by atoms with van der Waals surface area (Å²) in [6.07, 6.45) is 2.14. The summed E-state index contributed by atoms with van der Waals surface area (Å²) in [5, 5.41) is 8.90. The molecule has 2 aromatic rings. The monoisotopic (exact) mass is 338 g/mol. The summed E-state index contributed by atoms with van der Waals surface area (Å²) < 4.78 is 0. The number of rotatable bonds is 8. The molecular formula is C15H22N4OS2. The van der Waals surface area contributed by atoms with Gasteiger partial charge in [-0.1, -0.05) is 13.8 Å². The molecule has 0 aliphatic carbocycles. The molecule has 3 N–H and O–H groups in total. The molecule has 7 heteroatoms. The fourth-order valence-electron chi connectivity index (χ4n) is 1.87. The summed E-state index contributed by atoms with van der Waals surface area (Å²) >= 11 is 3.18. The van der Waals surface area contributed by atoms with Crippen LogP contribution in [0.1, 0.15) is 47.6 Å². The molecule has 1 amide bonds. The van der Waals surface area contributed by atoms with E-state index in [1.54, 1.807) is 22.7 Å². The van der Waals surface area contributed by atoms with Gasteiger partial charge in [-0.15, -0.1) is 22.7 Å². The van der Waals surface area contributed by atoms with Gasteiger partial charge in [0.1, 0.15) is 5.01 Å². The summed E-state index contributed by atoms with van der Waals surface area (Å²) in [6, 6.07) is 0. The van der Waals surface area contributed by atoms with Crippen molar-refractivity contribution in [2.24, 2.45) is 5.73 Å². The van der Waals surface area contributed by atoms with E-state index < -0.39 is 0 Å². The molecule has 0 saturated carbocycles. The molecule has 0 atom stereocenters. The van der Waals surface area contributed by atoms with E-state index in [0.29, 0.717) is 25.4 Å². The number of hydrogen-bond acceptors (Lipinski definition) is 6. The second-order valence-corrected chi connectivity index (χ2v) is 7.28. The van der Waals surface area contributed by atoms with Crippen molar-refractivity contribution in [1.29, 1.82) is 0 Å². The Morgan fingerprint density at radius 3 is 2.73 bits per heavy atom. The maximum absolute atomic E-state index is 12.0. The Hall–Kier alpha value is -1.31. The average molecular weight is 339 g/mol. The lowest BCUT2D eigenvalue weighted by Crippen LogP contribution is -2.24. The molecule has 0 saturated heterocycles. The van der Waals surface area contributed by atoms with Crippen molar-refractivity contribution in [2.75, 3.05) is 6.54 Å². The molecule has 0 spiro atoms. The SMILES string of the molecule is CC(C)c1csc(CNC(=O)Cc2csc(CCCN)n2)n1. The van der Waals surface area contributed by atoms with Crippen LogP contribution in [-0.4, -0.2) is 22.4 Å². The number of nitrogens with one attached hydrogen (secondary N) is 1. The van der Waals surface area contributed by atoms with Crippen molar-refractivity contribution < 1.29 is 4.79 Å². The number of aromatic nitrogens is 2. The standard InChI is InChI=1S/C15H22N4OS2/c1-10(2)12-9-22-15(19-12)7-17-13(20)6-11-8-21-14(18-11)4-3-5-16/h8-10H,3-7,16H2,1-2H3,(H,17,20). The second kappa shape index (κ2) is 8.36. The van der Waals surface area contributed by atoms with Gasteiger partial charge in [-0.25, -0.2) is 9.97 Å². The molecule has 0 aliphatic heterocycles. The van der Waals surface area contributed by atoms with Crippen LogP contribution in [0.15, 0.2) is 10.8 Å². The number of carbonyl (C=O) groups is 1. The highest BCUT2D eigenvalue weighted by molar-refractivity contribution is 7.09. The molecule has 0 aromatic carbocycles. The van der Waals surface area contributed by atoms with Crippen molar-refractivity contribution in [3.05, 3.63) is 32.2 Å². The van der Waals surface area contributed by atoms with Gasteiger partial charge in [-0.2, -0.15) is 0 Å². The van der Waals surface area contributed by atoms with E-state index in [4.69, 9.17) is 5.73 Å². The summed E-state index contributed by atoms with van der Waals surface area (Å²) in [4.78, 5) is 20.9. The minimum atomic E-state index is -0.0167. The summed E-state index contributed by atoms with van der Waals surface area (Å²) in [7, 11) is 0. The molecule has 0 fully saturated rings. The van der Waals surface area contributed by atoms with Crippen LogP contribution in [0.4, 0.5) is 0 Å². The third-order valence-electron chi connectivity index (χ3n) is 3.13. The Labute approximate surface area is 139 Å². The number of nitrogens with two attached hydrogens (primary N) is 1. The minimum absolute atomic E-state index is 0.0167. The van der Waals surface area contributed by atoms with Crippen LogP contribution in [0.25, 0.3) is 0 Å². The lowest BCUT2D eigenvalue weighted by atomic mass is 10.2. The highest BCUT2D eigenvalue weighted by atomic mass is 32.1. The molecule has 2 heterocycles. The summed E-state index contributed by atoms with van der Waals surface area (Å²) in [5.74, 6) is 0.402. The van der Waals surface area contributed by atoms with E-state index in [1.807, 2.05) is 5.38 Å². The van der Waals surface area contributed by atoms with Crippen molar-refractivity contribution in [2.45, 2.75) is 45.6 Å². The number of aryl methyl sites for hydroxylation is 1. The number of thiazole rings is 2. The molecule has 22 heavy (non-hydrogen) atoms. The van der Waals surface area contributed by atoms with Crippen molar-refractivity contribution in [3.8, 4) is 0 Å². The van der Waals surface area contributed by atoms with E-state index >= 15 is 0 Å². The zero-order valence-corrected chi connectivity index (χ0v) is 14.6. The first-order valence-corrected chi connectivity index (χ1v) is 9.18. The highest BCUT2D eigenvalue weighted by Gasteiger charge is 2.10. The van der Waals surface area contributed by atoms with Gasteiger partial charge in [0.2, 0.25) is 5.91 Å². The van der Waals surface area contributed by atoms with Crippen molar-refractivity contribution in [3.63, 3.8) is 0 Å². The van der Waals surface area contributed by atoms with E-state index in [2.05, 4.69) is 34.5 Å². The lowest BCUT2D eigenvalue weighted by Gasteiger charge is -2.01. The van der Waals surface area contributed by atoms with Gasteiger partial charge in [0, 0.05) is 17.2 Å². The number of hydrogen-bond donors (Lipinski definition) is 2. The number of amides is 1. The average Bonchev–Trinajstić information content (AvgIpc) is 3.12. The van der Waals surface area contributed by atoms with Crippen LogP contribution in [-0.2, 0) is 24.2 Å². The number of nitrogens with zero attached hydrogens (tertiary/aromatic N) is 2. The second-order valence-electron chi connectivity index (χ2n) is 5.40. The Kier molecular flexibility index (Phi) is 6.48. The minimum Gasteiger partial charge on any atom is -0.349 e. The molecule has 120 valence electrons. The molecule has 0 unspecified atom stereocenters. The van der Waals surface area contributed by atoms with Crippen LogP contribution >= 0.6 is 22.7 Å². The molecular weight excluding hydrogens is 316 g/mol. The fourth-order valence-corrected chi connectivity index (χ4v) is 3.61. The largest absolute Gasteiger partial charge is 0.349 e. The van der Waals surface area contributed by atoms with Gasteiger partial charge in [-0.05, 0) is 18.9 Å². The van der Waals surface area contributed by atoms with Crippen molar-refractivity contribution >= 4 is 28.6 Å². The molecule has 2 rings (SSSR count). The van der Waals surface area contributed by atoms with Crippen molar-refractivity contribution in [1.82, 2.24) is 15.3 Å². The summed E-state index contributed by atoms with van der Waals surface area (Å²) in [6.45, 7) is 5.38. The lowest BCUT2D eigenvalue weighted by molar-refractivity contribution is -0.120. The first-order chi connectivity index (χ1) is 10.6. The van der Waals surface area contributed by atoms with Crippen LogP contribution in [0.2, 0.25) is 0 Å². The maximum Gasteiger partial charge on any atom is 0.226 e. The van der Waals surface area contributed by atoms with Crippen LogP contribution < -0.4 is 11.1 Å². The van der Waals surface area contributed by atoms with Gasteiger partial charge in [0.25, 0.3) is 0 Å². The predicted molar refractivity (Wildman–Crippen MR) is 91.2 cm³/mol. The topological polar surface area (TPSA) is 80.9 Å². The Bertz CT molecular complexity index is 606. The molecule has 0 aliphatic rings. The molecule has 0 bridgehead atoms. The molecule has 0 radical (unpaired) electrons. The summed E-state index contributed by atoms with van der Waals surface area (Å²) in [5.41, 5.74) is 7.40. The van der Waals surface area contributed by atoms with Gasteiger partial charge in [-0.3, -0.25) is 4.79 Å². The first-order valence-electron chi connectivity index (χ1n) is 7.42. The van der Waals surface area contributed by atoms with E-state index in [0.717, 1.165) is 34.2 Å². The Morgan fingerprint density at radius 1 is 1.27 bits per heavy atom. The van der Waals surface area contributed by atoms with E-state index in [9.17, 15) is 4.79 Å². The third-order valence-corrected chi connectivity index (χ3v) is 4.96. The Balaban J connectivity index is 1.78. The third kappa shape index (κ3) is 5.15. The molecule has 2 aromatic heterocycles. The van der Waals surface area contributed by atoms with Crippen LogP contribution in [0.3, 0.4) is 0 Å². The number of carbonyl (C=O) groups excluding carboxylic acids is 1. The van der Waals surface area contributed by atoms with E-state index in [1.165, 1.54) is 0 Å². The van der Waals surface area contributed by atoms with Gasteiger partial charge >= 0.3 is 0 Å². The van der Waals surface area contributed by atoms with Crippen LogP contribution in [0, 0.1) is 0 Å². The smallest absolute Gasteiger partial charge is 0.226 e. The quantitative estimate of drug-likeness (QED) is 0.775. The van der Waals surface area contributed by atoms with Gasteiger partial charge in [0.15, 0.2) is 0 Å². The highest BCUT2D eigenvalue weighted by Crippen LogP contribution is 2.17. The predicted octanol–water partition coefficient (Wildman–Crippen LogP) is 2.47. The van der Waals surface area contributed by atoms with E-state index in [-0.39, 0.29) is 5.91 Å².